The first-order valence-electron chi connectivity index (χ1n) is 4.48. The van der Waals surface area contributed by atoms with Crippen LogP contribution in [0, 0.1) is 0 Å². The minimum atomic E-state index is -2.41. The Hall–Kier alpha value is -0.970. The maximum atomic E-state index is 12.1. The average Bonchev–Trinajstić information content (AvgIpc) is 2.55. The van der Waals surface area contributed by atoms with E-state index in [1.807, 2.05) is 36.4 Å². The molecule has 0 amide bonds. The Labute approximate surface area is 89.4 Å². The molecule has 1 aliphatic heterocycles. The summed E-state index contributed by atoms with van der Waals surface area (Å²) in [5.41, 5.74) is 2.35. The summed E-state index contributed by atoms with van der Waals surface area (Å²) in [4.78, 5) is 0. The van der Waals surface area contributed by atoms with Crippen molar-refractivity contribution in [3.05, 3.63) is 48.5 Å². The number of rotatable bonds is 0. The van der Waals surface area contributed by atoms with Gasteiger partial charge in [-0.05, 0) is 0 Å². The van der Waals surface area contributed by atoms with Crippen molar-refractivity contribution in [2.75, 3.05) is 0 Å². The molecular weight excluding hydrogens is 288 g/mol. The summed E-state index contributed by atoms with van der Waals surface area (Å²) in [6, 6.07) is 16.1. The third kappa shape index (κ3) is 1.02. The van der Waals surface area contributed by atoms with Gasteiger partial charge in [-0.2, -0.15) is 0 Å². The zero-order valence-electron chi connectivity index (χ0n) is 7.44. The molecule has 0 aliphatic carbocycles. The summed E-state index contributed by atoms with van der Waals surface area (Å²) in [5.74, 6) is 0. The van der Waals surface area contributed by atoms with Crippen molar-refractivity contribution in [2.45, 2.75) is 0 Å². The summed E-state index contributed by atoms with van der Waals surface area (Å²) in [6.45, 7) is 0. The van der Waals surface area contributed by atoms with Crippen LogP contribution in [0.2, 0.25) is 0 Å². The molecule has 1 aliphatic rings. The van der Waals surface area contributed by atoms with Crippen molar-refractivity contribution >= 4 is 26.8 Å². The topological polar surface area (TPSA) is 17.1 Å². The molecular formula is C12H8OTe. The third-order valence-corrected chi connectivity index (χ3v) is 6.78. The van der Waals surface area contributed by atoms with E-state index in [1.54, 1.807) is 0 Å². The monoisotopic (exact) mass is 298 g/mol. The van der Waals surface area contributed by atoms with Crippen LogP contribution in [0.1, 0.15) is 0 Å². The van der Waals surface area contributed by atoms with Gasteiger partial charge < -0.3 is 0 Å². The Morgan fingerprint density at radius 2 is 1.14 bits per heavy atom. The van der Waals surface area contributed by atoms with Crippen molar-refractivity contribution < 1.29 is 3.10 Å². The third-order valence-electron chi connectivity index (χ3n) is 2.46. The van der Waals surface area contributed by atoms with Gasteiger partial charge in [0.1, 0.15) is 0 Å². The van der Waals surface area contributed by atoms with E-state index in [2.05, 4.69) is 12.1 Å². The molecule has 0 bridgehead atoms. The van der Waals surface area contributed by atoms with Crippen LogP contribution in [0.4, 0.5) is 0 Å². The van der Waals surface area contributed by atoms with Crippen molar-refractivity contribution in [1.82, 2.24) is 0 Å². The molecule has 0 atom stereocenters. The van der Waals surface area contributed by atoms with Gasteiger partial charge in [-0.3, -0.25) is 0 Å². The number of benzene rings is 2. The SMILES string of the molecule is O=[Te]1c2ccccc2-c2ccccc21. The molecule has 0 aromatic heterocycles. The standard InChI is InChI=1S/C12H8OTe/c13-14-11-7-3-1-5-9(11)10-6-2-4-8-12(10)14/h1-8H. The van der Waals surface area contributed by atoms with Gasteiger partial charge >= 0.3 is 89.5 Å². The first-order chi connectivity index (χ1) is 6.88. The molecule has 1 nitrogen and oxygen atoms in total. The van der Waals surface area contributed by atoms with Gasteiger partial charge in [-0.1, -0.05) is 0 Å². The Bertz CT molecular complexity index is 484. The molecule has 14 heavy (non-hydrogen) atoms. The van der Waals surface area contributed by atoms with Crippen LogP contribution in [-0.4, -0.2) is 19.5 Å². The molecule has 2 aromatic rings. The predicted octanol–water partition coefficient (Wildman–Crippen LogP) is 1.20. The predicted molar refractivity (Wildman–Crippen MR) is 57.6 cm³/mol. The normalized spacial score (nSPS) is 13.7. The van der Waals surface area contributed by atoms with Crippen LogP contribution in [0.25, 0.3) is 11.1 Å². The zero-order chi connectivity index (χ0) is 9.54. The second-order valence-electron chi connectivity index (χ2n) is 3.26. The van der Waals surface area contributed by atoms with E-state index < -0.39 is 19.5 Å². The van der Waals surface area contributed by atoms with Gasteiger partial charge in [0.25, 0.3) is 0 Å². The molecule has 0 unspecified atom stereocenters. The molecule has 0 N–H and O–H groups in total. The van der Waals surface area contributed by atoms with Crippen molar-refractivity contribution in [3.63, 3.8) is 0 Å². The van der Waals surface area contributed by atoms with E-state index in [4.69, 9.17) is 0 Å². The number of fused-ring (bicyclic) bond motifs is 3. The van der Waals surface area contributed by atoms with E-state index in [0.29, 0.717) is 0 Å². The Morgan fingerprint density at radius 3 is 1.64 bits per heavy atom. The molecule has 1 heterocycles. The molecule has 68 valence electrons. The van der Waals surface area contributed by atoms with E-state index in [9.17, 15) is 3.10 Å². The summed E-state index contributed by atoms with van der Waals surface area (Å²) in [7, 11) is 0. The molecule has 2 aromatic carbocycles. The van der Waals surface area contributed by atoms with Crippen molar-refractivity contribution in [3.8, 4) is 11.1 Å². The summed E-state index contributed by atoms with van der Waals surface area (Å²) in [6.07, 6.45) is 0. The van der Waals surface area contributed by atoms with Crippen molar-refractivity contribution in [1.29, 1.82) is 0 Å². The molecule has 0 saturated carbocycles. The minimum absolute atomic E-state index is 1.08. The fourth-order valence-corrected chi connectivity index (χ4v) is 5.81. The van der Waals surface area contributed by atoms with Gasteiger partial charge in [0.15, 0.2) is 0 Å². The molecule has 3 rings (SSSR count). The molecule has 0 saturated heterocycles. The molecule has 0 spiro atoms. The second kappa shape index (κ2) is 3.02. The Morgan fingerprint density at radius 1 is 0.714 bits per heavy atom. The quantitative estimate of drug-likeness (QED) is 0.570. The summed E-state index contributed by atoms with van der Waals surface area (Å²) >= 11 is -2.41. The molecule has 2 heteroatoms. The number of hydrogen-bond acceptors (Lipinski definition) is 1. The van der Waals surface area contributed by atoms with Gasteiger partial charge in [-0.25, -0.2) is 0 Å². The van der Waals surface area contributed by atoms with Crippen LogP contribution in [0.3, 0.4) is 0 Å². The van der Waals surface area contributed by atoms with Crippen LogP contribution in [-0.2, 0) is 3.10 Å². The summed E-state index contributed by atoms with van der Waals surface area (Å²) < 4.78 is 14.3. The average molecular weight is 296 g/mol. The fraction of sp³-hybridized carbons (Fsp3) is 0. The zero-order valence-corrected chi connectivity index (χ0v) is 9.77. The first kappa shape index (κ1) is 8.35. The van der Waals surface area contributed by atoms with Gasteiger partial charge in [0, 0.05) is 0 Å². The van der Waals surface area contributed by atoms with Gasteiger partial charge in [0.2, 0.25) is 0 Å². The maximum absolute atomic E-state index is 12.1. The van der Waals surface area contributed by atoms with Gasteiger partial charge in [0.05, 0.1) is 0 Å². The Balaban J connectivity index is 2.42. The summed E-state index contributed by atoms with van der Waals surface area (Å²) in [5, 5.41) is 0. The van der Waals surface area contributed by atoms with Crippen LogP contribution >= 0.6 is 0 Å². The molecule has 0 fully saturated rings. The number of hydrogen-bond donors (Lipinski definition) is 0. The van der Waals surface area contributed by atoms with Crippen molar-refractivity contribution in [2.24, 2.45) is 0 Å². The van der Waals surface area contributed by atoms with Crippen LogP contribution in [0.15, 0.2) is 48.5 Å². The van der Waals surface area contributed by atoms with E-state index in [1.165, 1.54) is 11.1 Å². The molecule has 0 radical (unpaired) electrons. The van der Waals surface area contributed by atoms with Crippen LogP contribution < -0.4 is 7.22 Å². The van der Waals surface area contributed by atoms with Crippen LogP contribution in [0.5, 0.6) is 0 Å². The Kier molecular flexibility index (Phi) is 1.80. The fourth-order valence-electron chi connectivity index (χ4n) is 1.82. The van der Waals surface area contributed by atoms with E-state index in [0.717, 1.165) is 7.22 Å². The van der Waals surface area contributed by atoms with E-state index >= 15 is 0 Å². The first-order valence-corrected chi connectivity index (χ1v) is 7.76. The van der Waals surface area contributed by atoms with Gasteiger partial charge in [-0.15, -0.1) is 0 Å². The van der Waals surface area contributed by atoms with E-state index in [-0.39, 0.29) is 0 Å². The second-order valence-corrected chi connectivity index (χ2v) is 7.31.